The Balaban J connectivity index is 2.44. The quantitative estimate of drug-likeness (QED) is 0.539. The third-order valence-corrected chi connectivity index (χ3v) is 6.91. The Morgan fingerprint density at radius 1 is 1.18 bits per heavy atom. The fraction of sp³-hybridized carbons (Fsp3) is 0.368. The highest BCUT2D eigenvalue weighted by molar-refractivity contribution is 7.89. The molecule has 0 aliphatic rings. The number of halogens is 1. The van der Waals surface area contributed by atoms with Crippen molar-refractivity contribution in [2.45, 2.75) is 31.7 Å². The molecule has 1 aromatic heterocycles. The standard InChI is InChI=1S/C19H23FN2O5S/c1-11-16(12(2)21(4)17(11)19(24)27-6)18(23)13(3)22(5)28(25,26)15-9-7-14(20)8-10-15/h7-10,13H,1-6H3. The number of carbonyl (C=O) groups excluding carboxylic acids is 2. The zero-order valence-electron chi connectivity index (χ0n) is 16.6. The second-order valence-electron chi connectivity index (χ2n) is 6.50. The number of nitrogens with zero attached hydrogens (tertiary/aromatic N) is 2. The highest BCUT2D eigenvalue weighted by Gasteiger charge is 2.34. The van der Waals surface area contributed by atoms with E-state index < -0.39 is 33.6 Å². The summed E-state index contributed by atoms with van der Waals surface area (Å²) in [4.78, 5) is 25.0. The van der Waals surface area contributed by atoms with E-state index >= 15 is 0 Å². The smallest absolute Gasteiger partial charge is 0.354 e. The van der Waals surface area contributed by atoms with Crippen LogP contribution in [-0.2, 0) is 21.8 Å². The maximum absolute atomic E-state index is 13.1. The summed E-state index contributed by atoms with van der Waals surface area (Å²) in [5.74, 6) is -1.59. The van der Waals surface area contributed by atoms with Gasteiger partial charge >= 0.3 is 5.97 Å². The lowest BCUT2D eigenvalue weighted by molar-refractivity contribution is 0.0588. The summed E-state index contributed by atoms with van der Waals surface area (Å²) in [5.41, 5.74) is 1.47. The first kappa shape index (κ1) is 21.8. The van der Waals surface area contributed by atoms with Crippen molar-refractivity contribution in [2.75, 3.05) is 14.2 Å². The van der Waals surface area contributed by atoms with E-state index in [1.165, 1.54) is 21.1 Å². The molecule has 0 radical (unpaired) electrons. The second-order valence-corrected chi connectivity index (χ2v) is 8.50. The number of sulfonamides is 1. The summed E-state index contributed by atoms with van der Waals surface area (Å²) >= 11 is 0. The van der Waals surface area contributed by atoms with Gasteiger partial charge < -0.3 is 9.30 Å². The van der Waals surface area contributed by atoms with E-state index in [9.17, 15) is 22.4 Å². The van der Waals surface area contributed by atoms with E-state index in [1.54, 1.807) is 25.5 Å². The first-order chi connectivity index (χ1) is 12.9. The molecule has 28 heavy (non-hydrogen) atoms. The number of carbonyl (C=O) groups is 2. The molecule has 9 heteroatoms. The van der Waals surface area contributed by atoms with Crippen LogP contribution in [0.15, 0.2) is 29.2 Å². The number of Topliss-reactive ketones (excluding diaryl/α,β-unsaturated/α-hetero) is 1. The number of likely N-dealkylation sites (N-methyl/N-ethyl adjacent to an activating group) is 1. The number of ether oxygens (including phenoxy) is 1. The fourth-order valence-corrected chi connectivity index (χ4v) is 4.41. The van der Waals surface area contributed by atoms with Crippen molar-refractivity contribution in [1.29, 1.82) is 0 Å². The van der Waals surface area contributed by atoms with Crippen molar-refractivity contribution >= 4 is 21.8 Å². The zero-order valence-corrected chi connectivity index (χ0v) is 17.4. The predicted octanol–water partition coefficient (Wildman–Crippen LogP) is 2.46. The zero-order chi connectivity index (χ0) is 21.4. The Kier molecular flexibility index (Phi) is 6.10. The summed E-state index contributed by atoms with van der Waals surface area (Å²) in [6.45, 7) is 4.76. The van der Waals surface area contributed by atoms with Gasteiger partial charge in [0.25, 0.3) is 0 Å². The maximum atomic E-state index is 13.1. The predicted molar refractivity (Wildman–Crippen MR) is 101 cm³/mol. The Labute approximate surface area is 163 Å². The number of esters is 1. The fourth-order valence-electron chi connectivity index (χ4n) is 3.08. The lowest BCUT2D eigenvalue weighted by atomic mass is 10.0. The molecule has 1 aromatic carbocycles. The van der Waals surface area contributed by atoms with Gasteiger partial charge in [-0.05, 0) is 50.6 Å². The maximum Gasteiger partial charge on any atom is 0.354 e. The lowest BCUT2D eigenvalue weighted by Crippen LogP contribution is -2.40. The SMILES string of the molecule is COC(=O)c1c(C)c(C(=O)C(C)N(C)S(=O)(=O)c2ccc(F)cc2)c(C)n1C. The van der Waals surface area contributed by atoms with Gasteiger partial charge in [-0.1, -0.05) is 0 Å². The van der Waals surface area contributed by atoms with Crippen LogP contribution >= 0.6 is 0 Å². The molecule has 0 N–H and O–H groups in total. The van der Waals surface area contributed by atoms with Crippen molar-refractivity contribution < 1.29 is 27.1 Å². The molecule has 1 unspecified atom stereocenters. The van der Waals surface area contributed by atoms with Crippen LogP contribution in [0.3, 0.4) is 0 Å². The molecular formula is C19H23FN2O5S. The third kappa shape index (κ3) is 3.59. The van der Waals surface area contributed by atoms with Crippen molar-refractivity contribution in [3.63, 3.8) is 0 Å². The van der Waals surface area contributed by atoms with E-state index in [1.807, 2.05) is 0 Å². The first-order valence-corrected chi connectivity index (χ1v) is 9.91. The molecule has 0 spiro atoms. The molecule has 0 saturated carbocycles. The molecule has 0 amide bonds. The van der Waals surface area contributed by atoms with Crippen LogP contribution in [0, 0.1) is 19.7 Å². The van der Waals surface area contributed by atoms with Crippen LogP contribution in [0.25, 0.3) is 0 Å². The van der Waals surface area contributed by atoms with Crippen LogP contribution in [0.5, 0.6) is 0 Å². The topological polar surface area (TPSA) is 85.7 Å². The Bertz CT molecular complexity index is 1030. The molecule has 0 saturated heterocycles. The van der Waals surface area contributed by atoms with Gasteiger partial charge in [0.2, 0.25) is 10.0 Å². The number of ketones is 1. The molecular weight excluding hydrogens is 387 g/mol. The van der Waals surface area contributed by atoms with Gasteiger partial charge in [-0.25, -0.2) is 17.6 Å². The normalized spacial score (nSPS) is 12.9. The van der Waals surface area contributed by atoms with Gasteiger partial charge in [0.05, 0.1) is 18.0 Å². The van der Waals surface area contributed by atoms with Crippen LogP contribution in [0.4, 0.5) is 4.39 Å². The summed E-state index contributed by atoms with van der Waals surface area (Å²) in [6.07, 6.45) is 0. The molecule has 1 atom stereocenters. The minimum absolute atomic E-state index is 0.118. The monoisotopic (exact) mass is 410 g/mol. The second kappa shape index (κ2) is 7.84. The van der Waals surface area contributed by atoms with Crippen molar-refractivity contribution in [3.05, 3.63) is 52.6 Å². The number of aromatic nitrogens is 1. The minimum atomic E-state index is -4.01. The highest BCUT2D eigenvalue weighted by Crippen LogP contribution is 2.26. The summed E-state index contributed by atoms with van der Waals surface area (Å²) < 4.78 is 45.9. The third-order valence-electron chi connectivity index (χ3n) is 4.97. The van der Waals surface area contributed by atoms with Gasteiger partial charge in [0.15, 0.2) is 5.78 Å². The van der Waals surface area contributed by atoms with E-state index in [4.69, 9.17) is 4.74 Å². The molecule has 2 aromatic rings. The van der Waals surface area contributed by atoms with Crippen molar-refractivity contribution in [2.24, 2.45) is 7.05 Å². The molecule has 152 valence electrons. The van der Waals surface area contributed by atoms with Gasteiger partial charge in [0, 0.05) is 25.4 Å². The van der Waals surface area contributed by atoms with Gasteiger partial charge in [-0.2, -0.15) is 4.31 Å². The van der Waals surface area contributed by atoms with Crippen LogP contribution in [0.1, 0.15) is 39.0 Å². The Morgan fingerprint density at radius 3 is 2.21 bits per heavy atom. The molecule has 0 aliphatic heterocycles. The van der Waals surface area contributed by atoms with E-state index in [-0.39, 0.29) is 16.2 Å². The molecule has 1 heterocycles. The highest BCUT2D eigenvalue weighted by atomic mass is 32.2. The minimum Gasteiger partial charge on any atom is -0.464 e. The first-order valence-electron chi connectivity index (χ1n) is 8.47. The van der Waals surface area contributed by atoms with Crippen LogP contribution in [0.2, 0.25) is 0 Å². The van der Waals surface area contributed by atoms with E-state index in [0.29, 0.717) is 11.3 Å². The summed E-state index contributed by atoms with van der Waals surface area (Å²) in [7, 11) is 0.158. The van der Waals surface area contributed by atoms with Gasteiger partial charge in [-0.3, -0.25) is 4.79 Å². The lowest BCUT2D eigenvalue weighted by Gasteiger charge is -2.23. The number of benzene rings is 1. The number of hydrogen-bond donors (Lipinski definition) is 0. The molecule has 0 bridgehead atoms. The molecule has 0 aliphatic carbocycles. The van der Waals surface area contributed by atoms with Crippen molar-refractivity contribution in [1.82, 2.24) is 8.87 Å². The van der Waals surface area contributed by atoms with E-state index in [2.05, 4.69) is 0 Å². The van der Waals surface area contributed by atoms with Crippen LogP contribution < -0.4 is 0 Å². The summed E-state index contributed by atoms with van der Waals surface area (Å²) in [5, 5.41) is 0. The van der Waals surface area contributed by atoms with Crippen molar-refractivity contribution in [3.8, 4) is 0 Å². The summed E-state index contributed by atoms with van der Waals surface area (Å²) in [6, 6.07) is 3.34. The molecule has 7 nitrogen and oxygen atoms in total. The number of hydrogen-bond acceptors (Lipinski definition) is 5. The number of rotatable bonds is 6. The van der Waals surface area contributed by atoms with E-state index in [0.717, 1.165) is 28.6 Å². The molecule has 2 rings (SSSR count). The average molecular weight is 410 g/mol. The van der Waals surface area contributed by atoms with Gasteiger partial charge in [-0.15, -0.1) is 0 Å². The molecule has 0 fully saturated rings. The average Bonchev–Trinajstić information content (AvgIpc) is 2.88. The number of methoxy groups -OCH3 is 1. The Hall–Kier alpha value is -2.52. The Morgan fingerprint density at radius 2 is 1.71 bits per heavy atom. The van der Waals surface area contributed by atoms with Crippen LogP contribution in [-0.4, -0.2) is 49.2 Å². The largest absolute Gasteiger partial charge is 0.464 e. The van der Waals surface area contributed by atoms with Gasteiger partial charge in [0.1, 0.15) is 11.5 Å².